The SMILES string of the molecule is COCCN(Cc1ccccc1)C(=O)Cc1ccc2ccccc2c1. The van der Waals surface area contributed by atoms with Gasteiger partial charge >= 0.3 is 0 Å². The lowest BCUT2D eigenvalue weighted by atomic mass is 10.0. The molecule has 128 valence electrons. The molecule has 1 amide bonds. The van der Waals surface area contributed by atoms with Gasteiger partial charge in [-0.15, -0.1) is 0 Å². The molecular formula is C22H23NO2. The highest BCUT2D eigenvalue weighted by molar-refractivity contribution is 5.85. The van der Waals surface area contributed by atoms with Gasteiger partial charge in [-0.05, 0) is 21.9 Å². The van der Waals surface area contributed by atoms with Crippen LogP contribution in [0.3, 0.4) is 0 Å². The predicted octanol–water partition coefficient (Wildman–Crippen LogP) is 4.06. The third kappa shape index (κ3) is 4.68. The smallest absolute Gasteiger partial charge is 0.227 e. The monoisotopic (exact) mass is 333 g/mol. The molecule has 25 heavy (non-hydrogen) atoms. The summed E-state index contributed by atoms with van der Waals surface area (Å²) in [4.78, 5) is 14.7. The standard InChI is InChI=1S/C22H23NO2/c1-25-14-13-23(17-18-7-3-2-4-8-18)22(24)16-19-11-12-20-9-5-6-10-21(20)15-19/h2-12,15H,13-14,16-17H2,1H3. The van der Waals surface area contributed by atoms with E-state index in [0.29, 0.717) is 26.1 Å². The topological polar surface area (TPSA) is 29.5 Å². The number of hydrogen-bond donors (Lipinski definition) is 0. The third-order valence-corrected chi connectivity index (χ3v) is 4.30. The summed E-state index contributed by atoms with van der Waals surface area (Å²) in [6.07, 6.45) is 0.404. The van der Waals surface area contributed by atoms with Crippen LogP contribution >= 0.6 is 0 Å². The molecule has 0 atom stereocenters. The highest BCUT2D eigenvalue weighted by Crippen LogP contribution is 2.17. The zero-order valence-electron chi connectivity index (χ0n) is 14.5. The highest BCUT2D eigenvalue weighted by atomic mass is 16.5. The first-order valence-electron chi connectivity index (χ1n) is 8.54. The molecule has 3 nitrogen and oxygen atoms in total. The van der Waals surface area contributed by atoms with E-state index in [2.05, 4.69) is 24.3 Å². The number of fused-ring (bicyclic) bond motifs is 1. The number of methoxy groups -OCH3 is 1. The van der Waals surface area contributed by atoms with E-state index >= 15 is 0 Å². The van der Waals surface area contributed by atoms with Crippen molar-refractivity contribution in [2.45, 2.75) is 13.0 Å². The van der Waals surface area contributed by atoms with E-state index in [1.54, 1.807) is 7.11 Å². The molecule has 3 rings (SSSR count). The number of carbonyl (C=O) groups is 1. The lowest BCUT2D eigenvalue weighted by molar-refractivity contribution is -0.131. The summed E-state index contributed by atoms with van der Waals surface area (Å²) in [6.45, 7) is 1.74. The molecule has 0 heterocycles. The summed E-state index contributed by atoms with van der Waals surface area (Å²) in [6, 6.07) is 24.5. The second-order valence-electron chi connectivity index (χ2n) is 6.15. The summed E-state index contributed by atoms with van der Waals surface area (Å²) in [5, 5.41) is 2.36. The molecule has 3 aromatic carbocycles. The largest absolute Gasteiger partial charge is 0.383 e. The molecule has 0 aliphatic carbocycles. The van der Waals surface area contributed by atoms with Crippen molar-refractivity contribution in [2.24, 2.45) is 0 Å². The maximum atomic E-state index is 12.8. The summed E-state index contributed by atoms with van der Waals surface area (Å²) >= 11 is 0. The molecular weight excluding hydrogens is 310 g/mol. The van der Waals surface area contributed by atoms with Crippen molar-refractivity contribution in [1.29, 1.82) is 0 Å². The quantitative estimate of drug-likeness (QED) is 0.652. The zero-order valence-corrected chi connectivity index (χ0v) is 14.5. The van der Waals surface area contributed by atoms with Gasteiger partial charge in [0.2, 0.25) is 5.91 Å². The minimum absolute atomic E-state index is 0.121. The van der Waals surface area contributed by atoms with Crippen molar-refractivity contribution in [1.82, 2.24) is 4.90 Å². The first kappa shape index (κ1) is 17.2. The van der Waals surface area contributed by atoms with Crippen molar-refractivity contribution in [3.05, 3.63) is 83.9 Å². The Labute approximate surface area is 148 Å². The van der Waals surface area contributed by atoms with Crippen molar-refractivity contribution >= 4 is 16.7 Å². The van der Waals surface area contributed by atoms with Crippen LogP contribution in [0.1, 0.15) is 11.1 Å². The molecule has 0 fully saturated rings. The lowest BCUT2D eigenvalue weighted by Gasteiger charge is -2.23. The summed E-state index contributed by atoms with van der Waals surface area (Å²) in [5.74, 6) is 0.121. The van der Waals surface area contributed by atoms with Gasteiger partial charge in [0.15, 0.2) is 0 Å². The van der Waals surface area contributed by atoms with Crippen LogP contribution in [0.25, 0.3) is 10.8 Å². The number of rotatable bonds is 7. The fourth-order valence-corrected chi connectivity index (χ4v) is 2.93. The molecule has 0 aromatic heterocycles. The van der Waals surface area contributed by atoms with Crippen LogP contribution in [0.15, 0.2) is 72.8 Å². The van der Waals surface area contributed by atoms with Crippen LogP contribution in [-0.4, -0.2) is 31.1 Å². The van der Waals surface area contributed by atoms with Crippen molar-refractivity contribution < 1.29 is 9.53 Å². The Kier molecular flexibility index (Phi) is 5.81. The van der Waals surface area contributed by atoms with Gasteiger partial charge in [-0.1, -0.05) is 72.8 Å². The van der Waals surface area contributed by atoms with Crippen LogP contribution in [0, 0.1) is 0 Å². The van der Waals surface area contributed by atoms with Gasteiger partial charge in [0, 0.05) is 20.2 Å². The van der Waals surface area contributed by atoms with E-state index in [1.165, 1.54) is 10.8 Å². The molecule has 0 radical (unpaired) electrons. The van der Waals surface area contributed by atoms with Gasteiger partial charge in [0.25, 0.3) is 0 Å². The van der Waals surface area contributed by atoms with E-state index < -0.39 is 0 Å². The Bertz CT molecular complexity index is 830. The van der Waals surface area contributed by atoms with Gasteiger partial charge in [0.1, 0.15) is 0 Å². The van der Waals surface area contributed by atoms with Gasteiger partial charge in [0.05, 0.1) is 13.0 Å². The van der Waals surface area contributed by atoms with Crippen LogP contribution in [0.5, 0.6) is 0 Å². The molecule has 0 aliphatic rings. The van der Waals surface area contributed by atoms with E-state index in [1.807, 2.05) is 53.4 Å². The van der Waals surface area contributed by atoms with E-state index in [9.17, 15) is 4.79 Å². The number of ether oxygens (including phenoxy) is 1. The number of carbonyl (C=O) groups excluding carboxylic acids is 1. The average molecular weight is 333 g/mol. The average Bonchev–Trinajstić information content (AvgIpc) is 2.65. The Hall–Kier alpha value is -2.65. The second kappa shape index (κ2) is 8.45. The fraction of sp³-hybridized carbons (Fsp3) is 0.227. The van der Waals surface area contributed by atoms with Gasteiger partial charge < -0.3 is 9.64 Å². The van der Waals surface area contributed by atoms with Crippen LogP contribution in [0.4, 0.5) is 0 Å². The van der Waals surface area contributed by atoms with E-state index in [4.69, 9.17) is 4.74 Å². The van der Waals surface area contributed by atoms with Gasteiger partial charge in [-0.2, -0.15) is 0 Å². The van der Waals surface area contributed by atoms with Crippen LogP contribution < -0.4 is 0 Å². The van der Waals surface area contributed by atoms with Crippen LogP contribution in [-0.2, 0) is 22.5 Å². The Morgan fingerprint density at radius 2 is 1.60 bits per heavy atom. The number of benzene rings is 3. The zero-order chi connectivity index (χ0) is 17.5. The molecule has 0 saturated carbocycles. The molecule has 0 spiro atoms. The highest BCUT2D eigenvalue weighted by Gasteiger charge is 2.14. The summed E-state index contributed by atoms with van der Waals surface area (Å²) < 4.78 is 5.17. The van der Waals surface area contributed by atoms with E-state index in [0.717, 1.165) is 11.1 Å². The maximum absolute atomic E-state index is 12.8. The van der Waals surface area contributed by atoms with E-state index in [-0.39, 0.29) is 5.91 Å². The van der Waals surface area contributed by atoms with Gasteiger partial charge in [-0.25, -0.2) is 0 Å². The molecule has 0 unspecified atom stereocenters. The maximum Gasteiger partial charge on any atom is 0.227 e. The molecule has 0 N–H and O–H groups in total. The Balaban J connectivity index is 1.73. The van der Waals surface area contributed by atoms with Crippen molar-refractivity contribution in [3.8, 4) is 0 Å². The van der Waals surface area contributed by atoms with Crippen molar-refractivity contribution in [3.63, 3.8) is 0 Å². The van der Waals surface area contributed by atoms with Gasteiger partial charge in [-0.3, -0.25) is 4.79 Å². The van der Waals surface area contributed by atoms with Crippen molar-refractivity contribution in [2.75, 3.05) is 20.3 Å². The minimum atomic E-state index is 0.121. The Morgan fingerprint density at radius 1 is 0.880 bits per heavy atom. The first-order valence-corrected chi connectivity index (χ1v) is 8.54. The normalized spacial score (nSPS) is 10.8. The summed E-state index contributed by atoms with van der Waals surface area (Å²) in [7, 11) is 1.66. The fourth-order valence-electron chi connectivity index (χ4n) is 2.93. The lowest BCUT2D eigenvalue weighted by Crippen LogP contribution is -2.34. The minimum Gasteiger partial charge on any atom is -0.383 e. The number of nitrogens with zero attached hydrogens (tertiary/aromatic N) is 1. The predicted molar refractivity (Wildman–Crippen MR) is 101 cm³/mol. The molecule has 3 heteroatoms. The molecule has 0 aliphatic heterocycles. The summed E-state index contributed by atoms with van der Waals surface area (Å²) in [5.41, 5.74) is 2.17. The number of hydrogen-bond acceptors (Lipinski definition) is 2. The Morgan fingerprint density at radius 3 is 2.36 bits per heavy atom. The third-order valence-electron chi connectivity index (χ3n) is 4.30. The second-order valence-corrected chi connectivity index (χ2v) is 6.15. The molecule has 3 aromatic rings. The number of amides is 1. The molecule has 0 saturated heterocycles. The first-order chi connectivity index (χ1) is 12.3. The van der Waals surface area contributed by atoms with Crippen LogP contribution in [0.2, 0.25) is 0 Å². The molecule has 0 bridgehead atoms.